The lowest BCUT2D eigenvalue weighted by Gasteiger charge is -2.22. The van der Waals surface area contributed by atoms with Crippen LogP contribution in [-0.4, -0.2) is 36.9 Å². The molecule has 0 aliphatic heterocycles. The Hall–Kier alpha value is -0.910. The van der Waals surface area contributed by atoms with Crippen LogP contribution in [0.4, 0.5) is 0 Å². The zero-order valence-corrected chi connectivity index (χ0v) is 9.36. The van der Waals surface area contributed by atoms with E-state index in [2.05, 4.69) is 6.58 Å². The van der Waals surface area contributed by atoms with Crippen LogP contribution < -0.4 is 0 Å². The summed E-state index contributed by atoms with van der Waals surface area (Å²) in [6.07, 6.45) is -2.39. The van der Waals surface area contributed by atoms with Crippen molar-refractivity contribution in [2.45, 2.75) is 33.4 Å². The van der Waals surface area contributed by atoms with Crippen molar-refractivity contribution in [1.29, 1.82) is 0 Å². The summed E-state index contributed by atoms with van der Waals surface area (Å²) in [5.41, 5.74) is 0.239. The number of hydrogen-bond donors (Lipinski definition) is 1. The van der Waals surface area contributed by atoms with E-state index in [0.717, 1.165) is 0 Å². The molecular weight excluding hydrogens is 200 g/mol. The molecule has 0 saturated heterocycles. The van der Waals surface area contributed by atoms with Crippen LogP contribution in [0.25, 0.3) is 0 Å². The highest BCUT2D eigenvalue weighted by Crippen LogP contribution is 2.06. The van der Waals surface area contributed by atoms with Crippen LogP contribution in [0.5, 0.6) is 0 Å². The Morgan fingerprint density at radius 2 is 1.87 bits per heavy atom. The van der Waals surface area contributed by atoms with Crippen LogP contribution in [0.2, 0.25) is 0 Å². The third-order valence-electron chi connectivity index (χ3n) is 1.47. The fraction of sp³-hybridized carbons (Fsp3) is 0.700. The van der Waals surface area contributed by atoms with Crippen molar-refractivity contribution < 1.29 is 24.1 Å². The highest BCUT2D eigenvalue weighted by Gasteiger charge is 2.24. The van der Waals surface area contributed by atoms with Gasteiger partial charge in [0.15, 0.2) is 0 Å². The molecule has 0 fully saturated rings. The lowest BCUT2D eigenvalue weighted by atomic mass is 10.4. The first kappa shape index (κ1) is 14.1. The molecule has 0 heterocycles. The van der Waals surface area contributed by atoms with Crippen LogP contribution in [0, 0.1) is 0 Å². The summed E-state index contributed by atoms with van der Waals surface area (Å²) in [5.74, 6) is -0.618. The van der Waals surface area contributed by atoms with E-state index in [0.29, 0.717) is 13.2 Å². The minimum absolute atomic E-state index is 0.239. The van der Waals surface area contributed by atoms with Gasteiger partial charge in [-0.15, -0.1) is 0 Å². The summed E-state index contributed by atoms with van der Waals surface area (Å²) in [7, 11) is 0. The zero-order valence-electron chi connectivity index (χ0n) is 9.36. The van der Waals surface area contributed by atoms with Gasteiger partial charge in [-0.3, -0.25) is 0 Å². The van der Waals surface area contributed by atoms with Crippen molar-refractivity contribution in [3.8, 4) is 0 Å². The molecule has 88 valence electrons. The Bertz CT molecular complexity index is 214. The first-order chi connectivity index (χ1) is 7.02. The number of carbonyl (C=O) groups excluding carboxylic acids is 1. The second kappa shape index (κ2) is 7.39. The minimum Gasteiger partial charge on any atom is -0.427 e. The Morgan fingerprint density at radius 3 is 2.27 bits per heavy atom. The van der Waals surface area contributed by atoms with Crippen LogP contribution in [0.15, 0.2) is 12.2 Å². The second-order valence-corrected chi connectivity index (χ2v) is 2.86. The van der Waals surface area contributed by atoms with E-state index in [1.165, 1.54) is 6.92 Å². The zero-order chi connectivity index (χ0) is 11.8. The third kappa shape index (κ3) is 5.51. The first-order valence-electron chi connectivity index (χ1n) is 4.80. The molecule has 0 aliphatic rings. The quantitative estimate of drug-likeness (QED) is 0.389. The molecule has 0 bridgehead atoms. The Morgan fingerprint density at radius 1 is 1.33 bits per heavy atom. The second-order valence-electron chi connectivity index (χ2n) is 2.86. The van der Waals surface area contributed by atoms with Gasteiger partial charge >= 0.3 is 5.97 Å². The maximum absolute atomic E-state index is 11.2. The predicted molar refractivity (Wildman–Crippen MR) is 54.0 cm³/mol. The van der Waals surface area contributed by atoms with Crippen molar-refractivity contribution in [2.75, 3.05) is 13.2 Å². The standard InChI is InChI=1S/C10H18O5/c1-5-13-9(12)10(14-6-2)15-8(11)7(3)4/h9-10,12H,3,5-6H2,1-2,4H3. The summed E-state index contributed by atoms with van der Waals surface area (Å²) in [6, 6.07) is 0. The molecule has 0 aromatic heterocycles. The topological polar surface area (TPSA) is 65.0 Å². The van der Waals surface area contributed by atoms with Crippen LogP contribution in [0.1, 0.15) is 20.8 Å². The van der Waals surface area contributed by atoms with E-state index in [1.54, 1.807) is 13.8 Å². The molecular formula is C10H18O5. The maximum Gasteiger partial charge on any atom is 0.335 e. The van der Waals surface area contributed by atoms with Crippen LogP contribution >= 0.6 is 0 Å². The molecule has 0 aliphatic carbocycles. The van der Waals surface area contributed by atoms with E-state index in [4.69, 9.17) is 14.2 Å². The van der Waals surface area contributed by atoms with Gasteiger partial charge < -0.3 is 19.3 Å². The summed E-state index contributed by atoms with van der Waals surface area (Å²) >= 11 is 0. The van der Waals surface area contributed by atoms with E-state index < -0.39 is 18.5 Å². The normalized spacial score (nSPS) is 14.4. The van der Waals surface area contributed by atoms with Crippen molar-refractivity contribution in [1.82, 2.24) is 0 Å². The monoisotopic (exact) mass is 218 g/mol. The van der Waals surface area contributed by atoms with Crippen LogP contribution in [-0.2, 0) is 19.0 Å². The van der Waals surface area contributed by atoms with Gasteiger partial charge in [-0.1, -0.05) is 6.58 Å². The molecule has 0 aromatic carbocycles. The fourth-order valence-corrected chi connectivity index (χ4v) is 0.794. The summed E-state index contributed by atoms with van der Waals surface area (Å²) in [4.78, 5) is 11.2. The van der Waals surface area contributed by atoms with E-state index in [9.17, 15) is 9.90 Å². The number of carbonyl (C=O) groups is 1. The van der Waals surface area contributed by atoms with Crippen molar-refractivity contribution in [3.63, 3.8) is 0 Å². The Kier molecular flexibility index (Phi) is 6.94. The molecule has 0 aromatic rings. The van der Waals surface area contributed by atoms with Gasteiger partial charge in [0.25, 0.3) is 6.29 Å². The van der Waals surface area contributed by atoms with Crippen molar-refractivity contribution >= 4 is 5.97 Å². The van der Waals surface area contributed by atoms with Gasteiger partial charge in [-0.25, -0.2) is 4.79 Å². The maximum atomic E-state index is 11.2. The third-order valence-corrected chi connectivity index (χ3v) is 1.47. The molecule has 5 nitrogen and oxygen atoms in total. The molecule has 5 heteroatoms. The molecule has 0 amide bonds. The highest BCUT2D eigenvalue weighted by atomic mass is 16.7. The van der Waals surface area contributed by atoms with Gasteiger partial charge in [-0.05, 0) is 20.8 Å². The summed E-state index contributed by atoms with van der Waals surface area (Å²) in [5, 5.41) is 9.42. The molecule has 2 unspecified atom stereocenters. The number of aliphatic hydroxyl groups is 1. The average Bonchev–Trinajstić information content (AvgIpc) is 2.17. The number of ether oxygens (including phenoxy) is 3. The number of esters is 1. The highest BCUT2D eigenvalue weighted by molar-refractivity contribution is 5.87. The number of aliphatic hydroxyl groups excluding tert-OH is 1. The van der Waals surface area contributed by atoms with Gasteiger partial charge in [0.05, 0.1) is 0 Å². The number of hydrogen-bond acceptors (Lipinski definition) is 5. The smallest absolute Gasteiger partial charge is 0.335 e. The molecule has 0 rings (SSSR count). The van der Waals surface area contributed by atoms with E-state index >= 15 is 0 Å². The Labute approximate surface area is 89.6 Å². The summed E-state index contributed by atoms with van der Waals surface area (Å²) < 4.78 is 14.7. The summed E-state index contributed by atoms with van der Waals surface area (Å²) in [6.45, 7) is 8.98. The molecule has 1 N–H and O–H groups in total. The minimum atomic E-state index is -1.28. The van der Waals surface area contributed by atoms with E-state index in [-0.39, 0.29) is 5.57 Å². The lowest BCUT2D eigenvalue weighted by Crippen LogP contribution is -2.36. The molecule has 15 heavy (non-hydrogen) atoms. The molecule has 0 radical (unpaired) electrons. The van der Waals surface area contributed by atoms with Crippen molar-refractivity contribution in [2.24, 2.45) is 0 Å². The fourth-order valence-electron chi connectivity index (χ4n) is 0.794. The Balaban J connectivity index is 4.25. The van der Waals surface area contributed by atoms with Gasteiger partial charge in [-0.2, -0.15) is 0 Å². The predicted octanol–water partition coefficient (Wildman–Crippen LogP) is 0.823. The SMILES string of the molecule is C=C(C)C(=O)OC(OCC)C(O)OCC. The molecule has 0 saturated carbocycles. The first-order valence-corrected chi connectivity index (χ1v) is 4.80. The lowest BCUT2D eigenvalue weighted by molar-refractivity contribution is -0.258. The van der Waals surface area contributed by atoms with Gasteiger partial charge in [0.1, 0.15) is 0 Å². The van der Waals surface area contributed by atoms with Crippen molar-refractivity contribution in [3.05, 3.63) is 12.2 Å². The van der Waals surface area contributed by atoms with Gasteiger partial charge in [0, 0.05) is 18.8 Å². The van der Waals surface area contributed by atoms with E-state index in [1.807, 2.05) is 0 Å². The van der Waals surface area contributed by atoms with Crippen LogP contribution in [0.3, 0.4) is 0 Å². The largest absolute Gasteiger partial charge is 0.427 e. The molecule has 2 atom stereocenters. The average molecular weight is 218 g/mol. The molecule has 0 spiro atoms. The number of rotatable bonds is 7. The van der Waals surface area contributed by atoms with Gasteiger partial charge in [0.2, 0.25) is 6.29 Å².